The molecule has 0 saturated carbocycles. The number of hydrogen-bond donors (Lipinski definition) is 0. The van der Waals surface area contributed by atoms with Gasteiger partial charge in [-0.05, 0) is 36.2 Å². The molecule has 16 heavy (non-hydrogen) atoms. The Labute approximate surface area is 92.8 Å². The van der Waals surface area contributed by atoms with E-state index < -0.39 is 11.6 Å². The average Bonchev–Trinajstić information content (AvgIpc) is 2.29. The maximum absolute atomic E-state index is 13.5. The third kappa shape index (κ3) is 2.08. The molecule has 1 aromatic carbocycles. The van der Waals surface area contributed by atoms with Gasteiger partial charge in [-0.1, -0.05) is 6.92 Å². The van der Waals surface area contributed by atoms with Crippen LogP contribution in [0, 0.1) is 11.6 Å². The zero-order valence-electron chi connectivity index (χ0n) is 8.87. The van der Waals surface area contributed by atoms with E-state index >= 15 is 0 Å². The van der Waals surface area contributed by atoms with Gasteiger partial charge in [0.25, 0.3) is 0 Å². The number of hydrogen-bond acceptors (Lipinski definition) is 1. The molecule has 1 heterocycles. The number of benzene rings is 1. The lowest BCUT2D eigenvalue weighted by Crippen LogP contribution is -1.91. The van der Waals surface area contributed by atoms with Crippen LogP contribution >= 0.6 is 0 Å². The zero-order valence-corrected chi connectivity index (χ0v) is 8.87. The summed E-state index contributed by atoms with van der Waals surface area (Å²) < 4.78 is 26.2. The Bertz CT molecular complexity index is 509. The van der Waals surface area contributed by atoms with Crippen LogP contribution in [0.4, 0.5) is 8.78 Å². The molecular weight excluding hydrogens is 208 g/mol. The van der Waals surface area contributed by atoms with E-state index in [2.05, 4.69) is 4.98 Å². The second kappa shape index (κ2) is 4.39. The minimum absolute atomic E-state index is 0.330. The lowest BCUT2D eigenvalue weighted by atomic mass is 10.1. The lowest BCUT2D eigenvalue weighted by molar-refractivity contribution is 0.585. The van der Waals surface area contributed by atoms with Crippen molar-refractivity contribution in [3.05, 3.63) is 53.7 Å². The Balaban J connectivity index is 2.49. The van der Waals surface area contributed by atoms with Crippen molar-refractivity contribution in [1.29, 1.82) is 0 Å². The minimum atomic E-state index is -0.583. The monoisotopic (exact) mass is 219 g/mol. The first kappa shape index (κ1) is 10.7. The van der Waals surface area contributed by atoms with Crippen LogP contribution in [0.3, 0.4) is 0 Å². The maximum Gasteiger partial charge on any atom is 0.135 e. The first-order chi connectivity index (χ1) is 7.70. The molecule has 0 unspecified atom stereocenters. The van der Waals surface area contributed by atoms with Crippen molar-refractivity contribution in [2.75, 3.05) is 0 Å². The van der Waals surface area contributed by atoms with Crippen LogP contribution in [0.5, 0.6) is 0 Å². The highest BCUT2D eigenvalue weighted by molar-refractivity contribution is 5.60. The topological polar surface area (TPSA) is 12.9 Å². The van der Waals surface area contributed by atoms with E-state index in [0.717, 1.165) is 18.1 Å². The second-order valence-electron chi connectivity index (χ2n) is 3.53. The molecule has 0 amide bonds. The van der Waals surface area contributed by atoms with Crippen LogP contribution in [-0.4, -0.2) is 4.98 Å². The Kier molecular flexibility index (Phi) is 2.95. The van der Waals surface area contributed by atoms with Gasteiger partial charge in [0.1, 0.15) is 11.6 Å². The van der Waals surface area contributed by atoms with Crippen LogP contribution in [0.25, 0.3) is 11.3 Å². The van der Waals surface area contributed by atoms with Gasteiger partial charge >= 0.3 is 0 Å². The largest absolute Gasteiger partial charge is 0.256 e. The number of pyridine rings is 1. The van der Waals surface area contributed by atoms with E-state index in [1.54, 1.807) is 6.20 Å². The second-order valence-corrected chi connectivity index (χ2v) is 3.53. The Hall–Kier alpha value is -1.77. The summed E-state index contributed by atoms with van der Waals surface area (Å²) in [6.45, 7) is 2.01. The summed E-state index contributed by atoms with van der Waals surface area (Å²) in [7, 11) is 0. The molecule has 1 nitrogen and oxygen atoms in total. The number of aryl methyl sites for hydroxylation is 1. The molecule has 2 rings (SSSR count). The van der Waals surface area contributed by atoms with Crippen molar-refractivity contribution < 1.29 is 8.78 Å². The molecule has 0 fully saturated rings. The van der Waals surface area contributed by atoms with Crippen molar-refractivity contribution in [2.24, 2.45) is 0 Å². The molecule has 3 heteroatoms. The fourth-order valence-electron chi connectivity index (χ4n) is 1.54. The van der Waals surface area contributed by atoms with Crippen LogP contribution in [0.2, 0.25) is 0 Å². The van der Waals surface area contributed by atoms with Gasteiger partial charge in [0.2, 0.25) is 0 Å². The molecule has 0 spiro atoms. The first-order valence-corrected chi connectivity index (χ1v) is 5.11. The average molecular weight is 219 g/mol. The van der Waals surface area contributed by atoms with Gasteiger partial charge in [0.15, 0.2) is 0 Å². The number of halogens is 2. The third-order valence-electron chi connectivity index (χ3n) is 2.44. The molecule has 0 radical (unpaired) electrons. The minimum Gasteiger partial charge on any atom is -0.256 e. The van der Waals surface area contributed by atoms with Gasteiger partial charge in [0, 0.05) is 17.8 Å². The van der Waals surface area contributed by atoms with Crippen LogP contribution in [0.15, 0.2) is 36.5 Å². The van der Waals surface area contributed by atoms with Crippen molar-refractivity contribution >= 4 is 0 Å². The summed E-state index contributed by atoms with van der Waals surface area (Å²) in [5.41, 5.74) is 1.95. The molecule has 82 valence electrons. The van der Waals surface area contributed by atoms with Gasteiger partial charge in [-0.15, -0.1) is 0 Å². The van der Waals surface area contributed by atoms with E-state index in [1.807, 2.05) is 19.1 Å². The predicted octanol–water partition coefficient (Wildman–Crippen LogP) is 3.59. The van der Waals surface area contributed by atoms with Gasteiger partial charge in [-0.3, -0.25) is 4.98 Å². The SMILES string of the molecule is CCc1ccnc(-c2ccc(F)cc2F)c1. The smallest absolute Gasteiger partial charge is 0.135 e. The van der Waals surface area contributed by atoms with E-state index in [0.29, 0.717) is 11.3 Å². The fourth-order valence-corrected chi connectivity index (χ4v) is 1.54. The maximum atomic E-state index is 13.5. The van der Waals surface area contributed by atoms with Gasteiger partial charge in [0.05, 0.1) is 5.69 Å². The molecule has 0 aliphatic carbocycles. The molecule has 0 atom stereocenters. The van der Waals surface area contributed by atoms with E-state index in [-0.39, 0.29) is 0 Å². The molecular formula is C13H11F2N. The molecule has 0 N–H and O–H groups in total. The van der Waals surface area contributed by atoms with E-state index in [4.69, 9.17) is 0 Å². The zero-order chi connectivity index (χ0) is 11.5. The lowest BCUT2D eigenvalue weighted by Gasteiger charge is -2.04. The molecule has 2 aromatic rings. The number of rotatable bonds is 2. The van der Waals surface area contributed by atoms with Crippen molar-refractivity contribution in [3.63, 3.8) is 0 Å². The van der Waals surface area contributed by atoms with E-state index in [9.17, 15) is 8.78 Å². The molecule has 0 aliphatic rings. The molecule has 1 aromatic heterocycles. The normalized spacial score (nSPS) is 10.4. The Morgan fingerprint density at radius 1 is 1.12 bits per heavy atom. The van der Waals surface area contributed by atoms with Crippen molar-refractivity contribution in [1.82, 2.24) is 4.98 Å². The van der Waals surface area contributed by atoms with Crippen molar-refractivity contribution in [2.45, 2.75) is 13.3 Å². The summed E-state index contributed by atoms with van der Waals surface area (Å²) in [4.78, 5) is 4.09. The predicted molar refractivity (Wildman–Crippen MR) is 59.0 cm³/mol. The highest BCUT2D eigenvalue weighted by atomic mass is 19.1. The van der Waals surface area contributed by atoms with Crippen LogP contribution < -0.4 is 0 Å². The summed E-state index contributed by atoms with van der Waals surface area (Å²) in [6, 6.07) is 7.21. The number of aromatic nitrogens is 1. The highest BCUT2D eigenvalue weighted by Crippen LogP contribution is 2.22. The van der Waals surface area contributed by atoms with Crippen molar-refractivity contribution in [3.8, 4) is 11.3 Å². The Morgan fingerprint density at radius 2 is 1.94 bits per heavy atom. The highest BCUT2D eigenvalue weighted by Gasteiger charge is 2.07. The summed E-state index contributed by atoms with van der Waals surface area (Å²) in [5, 5.41) is 0. The van der Waals surface area contributed by atoms with Crippen LogP contribution in [-0.2, 0) is 6.42 Å². The summed E-state index contributed by atoms with van der Waals surface area (Å²) in [6.07, 6.45) is 2.50. The summed E-state index contributed by atoms with van der Waals surface area (Å²) in [5.74, 6) is -1.16. The number of nitrogens with zero attached hydrogens (tertiary/aromatic N) is 1. The third-order valence-corrected chi connectivity index (χ3v) is 2.44. The van der Waals surface area contributed by atoms with Gasteiger partial charge in [-0.2, -0.15) is 0 Å². The summed E-state index contributed by atoms with van der Waals surface area (Å²) >= 11 is 0. The fraction of sp³-hybridized carbons (Fsp3) is 0.154. The van der Waals surface area contributed by atoms with Crippen LogP contribution in [0.1, 0.15) is 12.5 Å². The molecule has 0 bridgehead atoms. The Morgan fingerprint density at radius 3 is 2.62 bits per heavy atom. The van der Waals surface area contributed by atoms with Gasteiger partial charge < -0.3 is 0 Å². The first-order valence-electron chi connectivity index (χ1n) is 5.11. The quantitative estimate of drug-likeness (QED) is 0.752. The van der Waals surface area contributed by atoms with E-state index in [1.165, 1.54) is 12.1 Å². The standard InChI is InChI=1S/C13H11F2N/c1-2-9-5-6-16-13(7-9)11-4-3-10(14)8-12(11)15/h3-8H,2H2,1H3. The van der Waals surface area contributed by atoms with Gasteiger partial charge in [-0.25, -0.2) is 8.78 Å². The molecule has 0 saturated heterocycles. The molecule has 0 aliphatic heterocycles.